The highest BCUT2D eigenvalue weighted by Gasteiger charge is 2.07. The molecule has 0 aliphatic heterocycles. The first-order valence-corrected chi connectivity index (χ1v) is 6.46. The number of anilines is 1. The summed E-state index contributed by atoms with van der Waals surface area (Å²) in [6.07, 6.45) is 0. The number of hydrogen-bond donors (Lipinski definition) is 1. The van der Waals surface area contributed by atoms with Crippen LogP contribution in [0.3, 0.4) is 0 Å². The van der Waals surface area contributed by atoms with E-state index in [1.165, 1.54) is 12.1 Å². The smallest absolute Gasteiger partial charge is 0.134 e. The van der Waals surface area contributed by atoms with Gasteiger partial charge in [-0.3, -0.25) is 0 Å². The Morgan fingerprint density at radius 3 is 2.63 bits per heavy atom. The van der Waals surface area contributed by atoms with Crippen molar-refractivity contribution < 1.29 is 9.50 Å². The number of aromatic hydroxyl groups is 1. The number of benzene rings is 2. The molecular formula is C15H15ClFNO. The zero-order valence-electron chi connectivity index (χ0n) is 10.6. The zero-order chi connectivity index (χ0) is 13.8. The molecule has 2 nitrogen and oxygen atoms in total. The van der Waals surface area contributed by atoms with Crippen LogP contribution in [0.15, 0.2) is 42.5 Å². The third-order valence-corrected chi connectivity index (χ3v) is 3.24. The predicted octanol–water partition coefficient (Wildman–Crippen LogP) is 4.21. The fraction of sp³-hybridized carbons (Fsp3) is 0.200. The summed E-state index contributed by atoms with van der Waals surface area (Å²) >= 11 is 5.88. The lowest BCUT2D eigenvalue weighted by molar-refractivity contribution is 0.475. The summed E-state index contributed by atoms with van der Waals surface area (Å²) in [4.78, 5) is 2.03. The second kappa shape index (κ2) is 5.93. The van der Waals surface area contributed by atoms with Crippen molar-refractivity contribution in [1.82, 2.24) is 0 Å². The van der Waals surface area contributed by atoms with E-state index in [9.17, 15) is 9.50 Å². The quantitative estimate of drug-likeness (QED) is 0.906. The minimum Gasteiger partial charge on any atom is -0.506 e. The van der Waals surface area contributed by atoms with Gasteiger partial charge in [0.15, 0.2) is 0 Å². The highest BCUT2D eigenvalue weighted by molar-refractivity contribution is 6.32. The Kier molecular flexibility index (Phi) is 4.27. The van der Waals surface area contributed by atoms with Crippen molar-refractivity contribution >= 4 is 17.3 Å². The summed E-state index contributed by atoms with van der Waals surface area (Å²) in [5, 5.41) is 9.72. The van der Waals surface area contributed by atoms with Gasteiger partial charge in [-0.15, -0.1) is 0 Å². The lowest BCUT2D eigenvalue weighted by Crippen LogP contribution is -2.22. The van der Waals surface area contributed by atoms with Crippen molar-refractivity contribution in [2.45, 2.75) is 13.5 Å². The maximum absolute atomic E-state index is 13.2. The molecule has 0 unspecified atom stereocenters. The zero-order valence-corrected chi connectivity index (χ0v) is 11.4. The normalized spacial score (nSPS) is 10.5. The van der Waals surface area contributed by atoms with Gasteiger partial charge in [0.2, 0.25) is 0 Å². The Balaban J connectivity index is 2.21. The van der Waals surface area contributed by atoms with Gasteiger partial charge in [0.05, 0.1) is 5.02 Å². The van der Waals surface area contributed by atoms with E-state index in [0.717, 1.165) is 17.8 Å². The van der Waals surface area contributed by atoms with Gasteiger partial charge in [-0.1, -0.05) is 23.7 Å². The van der Waals surface area contributed by atoms with E-state index >= 15 is 0 Å². The van der Waals surface area contributed by atoms with Crippen LogP contribution >= 0.6 is 11.6 Å². The molecular weight excluding hydrogens is 265 g/mol. The van der Waals surface area contributed by atoms with Crippen molar-refractivity contribution in [3.63, 3.8) is 0 Å². The van der Waals surface area contributed by atoms with Crippen LogP contribution in [-0.2, 0) is 6.54 Å². The SMILES string of the molecule is CCN(Cc1ccc(O)c(Cl)c1)c1cccc(F)c1. The van der Waals surface area contributed by atoms with Crippen LogP contribution in [0.2, 0.25) is 5.02 Å². The van der Waals surface area contributed by atoms with E-state index in [2.05, 4.69) is 0 Å². The van der Waals surface area contributed by atoms with Crippen LogP contribution in [0.4, 0.5) is 10.1 Å². The molecule has 0 aromatic heterocycles. The second-order valence-electron chi connectivity index (χ2n) is 4.28. The minimum atomic E-state index is -0.250. The molecule has 0 heterocycles. The predicted molar refractivity (Wildman–Crippen MR) is 76.2 cm³/mol. The molecule has 2 aromatic rings. The van der Waals surface area contributed by atoms with Gasteiger partial charge in [-0.2, -0.15) is 0 Å². The van der Waals surface area contributed by atoms with Crippen molar-refractivity contribution in [3.05, 3.63) is 58.9 Å². The summed E-state index contributed by atoms with van der Waals surface area (Å²) in [5.74, 6) is -0.182. The maximum Gasteiger partial charge on any atom is 0.134 e. The van der Waals surface area contributed by atoms with Gasteiger partial charge < -0.3 is 10.0 Å². The molecule has 0 atom stereocenters. The largest absolute Gasteiger partial charge is 0.506 e. The Bertz CT molecular complexity index is 574. The third-order valence-electron chi connectivity index (χ3n) is 2.94. The van der Waals surface area contributed by atoms with Crippen molar-refractivity contribution in [3.8, 4) is 5.75 Å². The van der Waals surface area contributed by atoms with Crippen molar-refractivity contribution in [1.29, 1.82) is 0 Å². The van der Waals surface area contributed by atoms with Crippen LogP contribution in [0.1, 0.15) is 12.5 Å². The van der Waals surface area contributed by atoms with Gasteiger partial charge in [0.1, 0.15) is 11.6 Å². The van der Waals surface area contributed by atoms with Crippen LogP contribution in [0.5, 0.6) is 5.75 Å². The van der Waals surface area contributed by atoms with Gasteiger partial charge in [-0.05, 0) is 42.8 Å². The van der Waals surface area contributed by atoms with Crippen LogP contribution in [0, 0.1) is 5.82 Å². The first-order chi connectivity index (χ1) is 9.10. The molecule has 0 amide bonds. The number of nitrogens with zero attached hydrogens (tertiary/aromatic N) is 1. The van der Waals surface area contributed by atoms with E-state index in [1.807, 2.05) is 24.0 Å². The van der Waals surface area contributed by atoms with Crippen LogP contribution in [-0.4, -0.2) is 11.7 Å². The van der Waals surface area contributed by atoms with Gasteiger partial charge in [0, 0.05) is 18.8 Å². The Labute approximate surface area is 117 Å². The average molecular weight is 280 g/mol. The molecule has 100 valence electrons. The van der Waals surface area contributed by atoms with Gasteiger partial charge in [-0.25, -0.2) is 4.39 Å². The molecule has 0 aliphatic carbocycles. The van der Waals surface area contributed by atoms with Crippen molar-refractivity contribution in [2.75, 3.05) is 11.4 Å². The van der Waals surface area contributed by atoms with E-state index in [1.54, 1.807) is 18.2 Å². The standard InChI is InChI=1S/C15H15ClFNO/c1-2-18(13-5-3-4-12(17)9-13)10-11-6-7-15(19)14(16)8-11/h3-9,19H,2,10H2,1H3. The molecule has 0 aliphatic rings. The Morgan fingerprint density at radius 1 is 1.21 bits per heavy atom. The van der Waals surface area contributed by atoms with Crippen LogP contribution in [0.25, 0.3) is 0 Å². The molecule has 0 bridgehead atoms. The number of rotatable bonds is 4. The van der Waals surface area contributed by atoms with Gasteiger partial charge in [0.25, 0.3) is 0 Å². The summed E-state index contributed by atoms with van der Waals surface area (Å²) in [6.45, 7) is 3.37. The molecule has 19 heavy (non-hydrogen) atoms. The molecule has 2 aromatic carbocycles. The highest BCUT2D eigenvalue weighted by atomic mass is 35.5. The molecule has 4 heteroatoms. The topological polar surface area (TPSA) is 23.5 Å². The first kappa shape index (κ1) is 13.7. The Hall–Kier alpha value is -1.74. The van der Waals surface area contributed by atoms with Crippen LogP contribution < -0.4 is 4.90 Å². The number of halogens is 2. The average Bonchev–Trinajstić information content (AvgIpc) is 2.40. The van der Waals surface area contributed by atoms with Crippen molar-refractivity contribution in [2.24, 2.45) is 0 Å². The number of phenolic OH excluding ortho intramolecular Hbond substituents is 1. The molecule has 2 rings (SSSR count). The molecule has 0 fully saturated rings. The number of phenols is 1. The molecule has 1 N–H and O–H groups in total. The monoisotopic (exact) mass is 279 g/mol. The summed E-state index contributed by atoms with van der Waals surface area (Å²) in [6, 6.07) is 11.6. The molecule has 0 spiro atoms. The summed E-state index contributed by atoms with van der Waals surface area (Å²) < 4.78 is 13.2. The van der Waals surface area contributed by atoms with E-state index < -0.39 is 0 Å². The highest BCUT2D eigenvalue weighted by Crippen LogP contribution is 2.25. The lowest BCUT2D eigenvalue weighted by Gasteiger charge is -2.23. The summed E-state index contributed by atoms with van der Waals surface area (Å²) in [7, 11) is 0. The maximum atomic E-state index is 13.2. The fourth-order valence-electron chi connectivity index (χ4n) is 1.93. The van der Waals surface area contributed by atoms with Gasteiger partial charge >= 0.3 is 0 Å². The lowest BCUT2D eigenvalue weighted by atomic mass is 10.2. The second-order valence-corrected chi connectivity index (χ2v) is 4.69. The molecule has 0 radical (unpaired) electrons. The molecule has 0 saturated carbocycles. The summed E-state index contributed by atoms with van der Waals surface area (Å²) in [5.41, 5.74) is 1.79. The first-order valence-electron chi connectivity index (χ1n) is 6.08. The number of hydrogen-bond acceptors (Lipinski definition) is 2. The molecule has 0 saturated heterocycles. The van der Waals surface area contributed by atoms with E-state index in [0.29, 0.717) is 11.6 Å². The van der Waals surface area contributed by atoms with E-state index in [4.69, 9.17) is 11.6 Å². The third kappa shape index (κ3) is 3.38. The fourth-order valence-corrected chi connectivity index (χ4v) is 2.13. The minimum absolute atomic E-state index is 0.0687. The van der Waals surface area contributed by atoms with E-state index in [-0.39, 0.29) is 11.6 Å². The Morgan fingerprint density at radius 2 is 2.00 bits per heavy atom.